The zero-order valence-electron chi connectivity index (χ0n) is 15.2. The number of hydrogen-bond acceptors (Lipinski definition) is 6. The molecule has 0 heterocycles. The zero-order chi connectivity index (χ0) is 19.7. The van der Waals surface area contributed by atoms with Crippen LogP contribution in [0.2, 0.25) is 5.02 Å². The third-order valence-corrected chi connectivity index (χ3v) is 3.26. The highest BCUT2D eigenvalue weighted by Crippen LogP contribution is 2.36. The molecule has 0 saturated heterocycles. The Hall–Kier alpha value is -2.48. The third-order valence-electron chi connectivity index (χ3n) is 2.98. The van der Waals surface area contributed by atoms with E-state index < -0.39 is 18.5 Å². The van der Waals surface area contributed by atoms with Crippen molar-refractivity contribution in [3.63, 3.8) is 0 Å². The maximum Gasteiger partial charge on any atom is 0.338 e. The highest BCUT2D eigenvalue weighted by molar-refractivity contribution is 6.32. The third kappa shape index (κ3) is 6.79. The summed E-state index contributed by atoms with van der Waals surface area (Å²) in [6.07, 6.45) is 0. The SMILES string of the molecule is CCOc1c(Cl)cc(C(=O)OCC(=O)NCC(=O)NC(C)C)cc1OC. The number of benzene rings is 1. The number of methoxy groups -OCH3 is 1. The molecule has 144 valence electrons. The van der Waals surface area contributed by atoms with Crippen molar-refractivity contribution in [2.75, 3.05) is 26.9 Å². The maximum absolute atomic E-state index is 12.1. The minimum atomic E-state index is -0.755. The normalized spacial score (nSPS) is 10.2. The molecule has 0 unspecified atom stereocenters. The second-order valence-electron chi connectivity index (χ2n) is 5.50. The number of nitrogens with one attached hydrogen (secondary N) is 2. The summed E-state index contributed by atoms with van der Waals surface area (Å²) in [6, 6.07) is 2.75. The van der Waals surface area contributed by atoms with E-state index in [1.807, 2.05) is 0 Å². The number of esters is 1. The van der Waals surface area contributed by atoms with Crippen molar-refractivity contribution in [2.45, 2.75) is 26.8 Å². The van der Waals surface area contributed by atoms with Crippen LogP contribution in [0, 0.1) is 0 Å². The maximum atomic E-state index is 12.1. The van der Waals surface area contributed by atoms with Gasteiger partial charge in [0, 0.05) is 6.04 Å². The highest BCUT2D eigenvalue weighted by atomic mass is 35.5. The van der Waals surface area contributed by atoms with Crippen LogP contribution < -0.4 is 20.1 Å². The van der Waals surface area contributed by atoms with Gasteiger partial charge >= 0.3 is 5.97 Å². The van der Waals surface area contributed by atoms with E-state index >= 15 is 0 Å². The highest BCUT2D eigenvalue weighted by Gasteiger charge is 2.17. The van der Waals surface area contributed by atoms with Crippen LogP contribution in [-0.2, 0) is 14.3 Å². The van der Waals surface area contributed by atoms with Crippen LogP contribution in [0.5, 0.6) is 11.5 Å². The van der Waals surface area contributed by atoms with Crippen LogP contribution in [0.15, 0.2) is 12.1 Å². The molecule has 0 atom stereocenters. The average Bonchev–Trinajstić information content (AvgIpc) is 2.58. The molecule has 8 nitrogen and oxygen atoms in total. The lowest BCUT2D eigenvalue weighted by Gasteiger charge is -2.13. The van der Waals surface area contributed by atoms with Gasteiger partial charge in [0.15, 0.2) is 18.1 Å². The predicted molar refractivity (Wildman–Crippen MR) is 95.7 cm³/mol. The van der Waals surface area contributed by atoms with Gasteiger partial charge in [-0.2, -0.15) is 0 Å². The number of ether oxygens (including phenoxy) is 3. The molecule has 0 aromatic heterocycles. The van der Waals surface area contributed by atoms with Crippen molar-refractivity contribution >= 4 is 29.4 Å². The topological polar surface area (TPSA) is 103 Å². The molecule has 0 aliphatic carbocycles. The van der Waals surface area contributed by atoms with Crippen LogP contribution in [-0.4, -0.2) is 50.7 Å². The molecule has 9 heteroatoms. The molecule has 0 fully saturated rings. The summed E-state index contributed by atoms with van der Waals surface area (Å²) in [7, 11) is 1.42. The van der Waals surface area contributed by atoms with Gasteiger partial charge in [-0.25, -0.2) is 4.79 Å². The number of halogens is 1. The molecule has 0 radical (unpaired) electrons. The summed E-state index contributed by atoms with van der Waals surface area (Å²) in [6.45, 7) is 5.05. The number of carbonyl (C=O) groups excluding carboxylic acids is 3. The lowest BCUT2D eigenvalue weighted by atomic mass is 10.2. The van der Waals surface area contributed by atoms with E-state index in [9.17, 15) is 14.4 Å². The zero-order valence-corrected chi connectivity index (χ0v) is 15.9. The van der Waals surface area contributed by atoms with E-state index in [1.165, 1.54) is 19.2 Å². The minimum absolute atomic E-state index is 0.0309. The first-order chi connectivity index (χ1) is 12.3. The van der Waals surface area contributed by atoms with Gasteiger partial charge in [0.2, 0.25) is 5.91 Å². The van der Waals surface area contributed by atoms with Crippen LogP contribution in [0.4, 0.5) is 0 Å². The van der Waals surface area contributed by atoms with Crippen LogP contribution >= 0.6 is 11.6 Å². The van der Waals surface area contributed by atoms with Crippen molar-refractivity contribution in [1.82, 2.24) is 10.6 Å². The van der Waals surface area contributed by atoms with Crippen molar-refractivity contribution in [3.05, 3.63) is 22.7 Å². The lowest BCUT2D eigenvalue weighted by molar-refractivity contribution is -0.128. The molecular weight excluding hydrogens is 364 g/mol. The van der Waals surface area contributed by atoms with E-state index in [2.05, 4.69) is 10.6 Å². The Kier molecular flexibility index (Phi) is 8.71. The molecule has 0 aliphatic heterocycles. The molecule has 0 bridgehead atoms. The van der Waals surface area contributed by atoms with E-state index in [1.54, 1.807) is 20.8 Å². The fourth-order valence-corrected chi connectivity index (χ4v) is 2.20. The van der Waals surface area contributed by atoms with E-state index in [0.29, 0.717) is 12.4 Å². The molecule has 0 saturated carbocycles. The molecule has 2 N–H and O–H groups in total. The molecule has 1 rings (SSSR count). The summed E-state index contributed by atoms with van der Waals surface area (Å²) >= 11 is 6.09. The van der Waals surface area contributed by atoms with Gasteiger partial charge in [-0.15, -0.1) is 0 Å². The molecule has 1 aromatic carbocycles. The van der Waals surface area contributed by atoms with Crippen molar-refractivity contribution in [1.29, 1.82) is 0 Å². The Morgan fingerprint density at radius 2 is 1.88 bits per heavy atom. The van der Waals surface area contributed by atoms with Gasteiger partial charge in [-0.3, -0.25) is 9.59 Å². The van der Waals surface area contributed by atoms with Gasteiger partial charge in [0.1, 0.15) is 0 Å². The Bertz CT molecular complexity index is 663. The fraction of sp³-hybridized carbons (Fsp3) is 0.471. The molecule has 26 heavy (non-hydrogen) atoms. The quantitative estimate of drug-likeness (QED) is 0.624. The molecular formula is C17H23ClN2O6. The predicted octanol–water partition coefficient (Wildman–Crippen LogP) is 1.54. The van der Waals surface area contributed by atoms with Crippen LogP contribution in [0.25, 0.3) is 0 Å². The summed E-state index contributed by atoms with van der Waals surface area (Å²) in [5.41, 5.74) is 0.112. The second-order valence-corrected chi connectivity index (χ2v) is 5.90. The molecule has 1 aromatic rings. The average molecular weight is 387 g/mol. The fourth-order valence-electron chi connectivity index (χ4n) is 1.94. The molecule has 2 amide bonds. The van der Waals surface area contributed by atoms with E-state index in [0.717, 1.165) is 0 Å². The van der Waals surface area contributed by atoms with E-state index in [4.69, 9.17) is 25.8 Å². The summed E-state index contributed by atoms with van der Waals surface area (Å²) in [5.74, 6) is -1.08. The smallest absolute Gasteiger partial charge is 0.338 e. The van der Waals surface area contributed by atoms with Gasteiger partial charge in [0.05, 0.1) is 30.8 Å². The molecule has 0 aliphatic rings. The van der Waals surface area contributed by atoms with Gasteiger partial charge in [0.25, 0.3) is 5.91 Å². The first-order valence-corrected chi connectivity index (χ1v) is 8.39. The van der Waals surface area contributed by atoms with Crippen LogP contribution in [0.3, 0.4) is 0 Å². The summed E-state index contributed by atoms with van der Waals surface area (Å²) < 4.78 is 15.4. The number of amides is 2. The summed E-state index contributed by atoms with van der Waals surface area (Å²) in [5, 5.41) is 5.16. The minimum Gasteiger partial charge on any atom is -0.493 e. The molecule has 0 spiro atoms. The van der Waals surface area contributed by atoms with E-state index in [-0.39, 0.29) is 34.8 Å². The first-order valence-electron chi connectivity index (χ1n) is 8.02. The number of carbonyl (C=O) groups is 3. The van der Waals surface area contributed by atoms with Crippen molar-refractivity contribution < 1.29 is 28.6 Å². The standard InChI is InChI=1S/C17H23ClN2O6/c1-5-25-16-12(18)6-11(7-13(16)24-4)17(23)26-9-15(22)19-8-14(21)20-10(2)3/h6-7,10H,5,8-9H2,1-4H3,(H,19,22)(H,20,21). The van der Waals surface area contributed by atoms with Gasteiger partial charge in [-0.05, 0) is 32.9 Å². The Balaban J connectivity index is 2.61. The first kappa shape index (κ1) is 21.6. The Morgan fingerprint density at radius 1 is 1.19 bits per heavy atom. The Morgan fingerprint density at radius 3 is 2.46 bits per heavy atom. The second kappa shape index (κ2) is 10.5. The number of rotatable bonds is 9. The van der Waals surface area contributed by atoms with Gasteiger partial charge < -0.3 is 24.8 Å². The van der Waals surface area contributed by atoms with Crippen molar-refractivity contribution in [3.8, 4) is 11.5 Å². The monoisotopic (exact) mass is 386 g/mol. The number of hydrogen-bond donors (Lipinski definition) is 2. The lowest BCUT2D eigenvalue weighted by Crippen LogP contribution is -2.41. The Labute approximate surface area is 157 Å². The van der Waals surface area contributed by atoms with Crippen LogP contribution in [0.1, 0.15) is 31.1 Å². The van der Waals surface area contributed by atoms with Gasteiger partial charge in [-0.1, -0.05) is 11.6 Å². The van der Waals surface area contributed by atoms with Crippen molar-refractivity contribution in [2.24, 2.45) is 0 Å². The largest absolute Gasteiger partial charge is 0.493 e. The summed E-state index contributed by atoms with van der Waals surface area (Å²) in [4.78, 5) is 35.2.